The number of esters is 2. The minimum absolute atomic E-state index is 0.439. The van der Waals surface area contributed by atoms with Gasteiger partial charge in [0.15, 0.2) is 5.92 Å². The summed E-state index contributed by atoms with van der Waals surface area (Å²) < 4.78 is 9.45. The van der Waals surface area contributed by atoms with Crippen LogP contribution in [0.15, 0.2) is 30.3 Å². The molecule has 2 rings (SSSR count). The van der Waals surface area contributed by atoms with Gasteiger partial charge in [0.2, 0.25) is 5.91 Å². The smallest absolute Gasteiger partial charge is 0.319 e. The molecule has 21 heavy (non-hydrogen) atoms. The van der Waals surface area contributed by atoms with E-state index in [0.29, 0.717) is 0 Å². The van der Waals surface area contributed by atoms with Crippen molar-refractivity contribution in [3.8, 4) is 0 Å². The minimum atomic E-state index is -1.17. The maximum Gasteiger partial charge on any atom is 0.319 e. The van der Waals surface area contributed by atoms with Gasteiger partial charge < -0.3 is 14.4 Å². The number of ether oxygens (including phenoxy) is 2. The van der Waals surface area contributed by atoms with Crippen LogP contribution < -0.4 is 0 Å². The van der Waals surface area contributed by atoms with Crippen molar-refractivity contribution in [2.45, 2.75) is 6.04 Å². The summed E-state index contributed by atoms with van der Waals surface area (Å²) in [4.78, 5) is 37.7. The summed E-state index contributed by atoms with van der Waals surface area (Å²) in [5.74, 6) is -3.84. The van der Waals surface area contributed by atoms with Crippen molar-refractivity contribution in [1.82, 2.24) is 4.90 Å². The molecular weight excluding hydrogens is 274 g/mol. The van der Waals surface area contributed by atoms with Gasteiger partial charge in [-0.05, 0) is 5.56 Å². The van der Waals surface area contributed by atoms with E-state index >= 15 is 0 Å². The van der Waals surface area contributed by atoms with E-state index in [2.05, 4.69) is 4.74 Å². The summed E-state index contributed by atoms with van der Waals surface area (Å²) >= 11 is 0. The highest BCUT2D eigenvalue weighted by Crippen LogP contribution is 2.41. The molecule has 1 saturated heterocycles. The van der Waals surface area contributed by atoms with Gasteiger partial charge in [-0.25, -0.2) is 0 Å². The zero-order valence-corrected chi connectivity index (χ0v) is 12.1. The number of hydrogen-bond acceptors (Lipinski definition) is 5. The standard InChI is InChI=1S/C15H17NO5/c1-16-12(9-7-5-4-6-8-9)10(14(18)20-2)11(13(16)17)15(19)21-3/h4-8,10-12H,1-3H3/t10-,11-,12-/m0/s1. The number of methoxy groups -OCH3 is 2. The van der Waals surface area contributed by atoms with Crippen LogP contribution in [0.25, 0.3) is 0 Å². The molecule has 1 heterocycles. The van der Waals surface area contributed by atoms with Gasteiger partial charge in [0.1, 0.15) is 5.92 Å². The molecule has 0 saturated carbocycles. The second kappa shape index (κ2) is 5.95. The molecule has 1 fully saturated rings. The Bertz CT molecular complexity index is 556. The predicted molar refractivity (Wildman–Crippen MR) is 73.0 cm³/mol. The normalized spacial score (nSPS) is 24.8. The Morgan fingerprint density at radius 1 is 1.05 bits per heavy atom. The van der Waals surface area contributed by atoms with E-state index in [1.165, 1.54) is 19.1 Å². The number of benzene rings is 1. The fourth-order valence-electron chi connectivity index (χ4n) is 2.79. The lowest BCUT2D eigenvalue weighted by molar-refractivity contribution is -0.158. The van der Waals surface area contributed by atoms with Gasteiger partial charge in [0, 0.05) is 7.05 Å². The van der Waals surface area contributed by atoms with Crippen molar-refractivity contribution in [2.75, 3.05) is 21.3 Å². The van der Waals surface area contributed by atoms with Crippen molar-refractivity contribution in [1.29, 1.82) is 0 Å². The molecule has 6 heteroatoms. The van der Waals surface area contributed by atoms with Crippen molar-refractivity contribution < 1.29 is 23.9 Å². The Labute approximate surface area is 122 Å². The molecule has 0 unspecified atom stereocenters. The zero-order valence-electron chi connectivity index (χ0n) is 12.1. The third-order valence-electron chi connectivity index (χ3n) is 3.80. The van der Waals surface area contributed by atoms with Gasteiger partial charge in [0.05, 0.1) is 20.3 Å². The van der Waals surface area contributed by atoms with E-state index in [-0.39, 0.29) is 0 Å². The maximum atomic E-state index is 12.3. The topological polar surface area (TPSA) is 72.9 Å². The van der Waals surface area contributed by atoms with Crippen LogP contribution in [0, 0.1) is 11.8 Å². The molecule has 1 aliphatic heterocycles. The fourth-order valence-corrected chi connectivity index (χ4v) is 2.79. The summed E-state index contributed by atoms with van der Waals surface area (Å²) in [5, 5.41) is 0. The summed E-state index contributed by atoms with van der Waals surface area (Å²) in [5.41, 5.74) is 0.773. The molecule has 0 bridgehead atoms. The molecule has 0 radical (unpaired) electrons. The summed E-state index contributed by atoms with van der Waals surface area (Å²) in [6, 6.07) is 8.54. The predicted octanol–water partition coefficient (Wildman–Crippen LogP) is 0.778. The van der Waals surface area contributed by atoms with E-state index in [1.54, 1.807) is 7.05 Å². The highest BCUT2D eigenvalue weighted by Gasteiger charge is 2.55. The van der Waals surface area contributed by atoms with Gasteiger partial charge >= 0.3 is 11.9 Å². The molecule has 6 nitrogen and oxygen atoms in total. The summed E-state index contributed by atoms with van der Waals surface area (Å²) in [6.45, 7) is 0. The Hall–Kier alpha value is -2.37. The molecule has 1 amide bonds. The third kappa shape index (κ3) is 2.49. The molecule has 0 aromatic heterocycles. The number of likely N-dealkylation sites (tertiary alicyclic amines) is 1. The van der Waals surface area contributed by atoms with Crippen molar-refractivity contribution in [3.63, 3.8) is 0 Å². The van der Waals surface area contributed by atoms with E-state index in [9.17, 15) is 14.4 Å². The van der Waals surface area contributed by atoms with E-state index in [4.69, 9.17) is 4.74 Å². The van der Waals surface area contributed by atoms with Crippen LogP contribution in [0.1, 0.15) is 11.6 Å². The monoisotopic (exact) mass is 291 g/mol. The van der Waals surface area contributed by atoms with Crippen LogP contribution in [0.4, 0.5) is 0 Å². The van der Waals surface area contributed by atoms with E-state index < -0.39 is 35.7 Å². The highest BCUT2D eigenvalue weighted by atomic mass is 16.5. The van der Waals surface area contributed by atoms with Crippen LogP contribution >= 0.6 is 0 Å². The number of carbonyl (C=O) groups excluding carboxylic acids is 3. The zero-order chi connectivity index (χ0) is 15.6. The lowest BCUT2D eigenvalue weighted by Gasteiger charge is -2.24. The van der Waals surface area contributed by atoms with Gasteiger partial charge in [0.25, 0.3) is 0 Å². The Kier molecular flexibility index (Phi) is 4.26. The molecule has 0 spiro atoms. The number of hydrogen-bond donors (Lipinski definition) is 0. The van der Waals surface area contributed by atoms with Crippen molar-refractivity contribution in [3.05, 3.63) is 35.9 Å². The lowest BCUT2D eigenvalue weighted by atomic mass is 9.86. The highest BCUT2D eigenvalue weighted by molar-refractivity contribution is 6.04. The second-order valence-electron chi connectivity index (χ2n) is 4.85. The Balaban J connectivity index is 2.49. The Morgan fingerprint density at radius 3 is 2.14 bits per heavy atom. The molecule has 0 aliphatic carbocycles. The molecule has 112 valence electrons. The number of nitrogens with zero attached hydrogens (tertiary/aromatic N) is 1. The maximum absolute atomic E-state index is 12.3. The summed E-state index contributed by atoms with van der Waals surface area (Å²) in [6.07, 6.45) is 0. The van der Waals surface area contributed by atoms with E-state index in [1.807, 2.05) is 30.3 Å². The second-order valence-corrected chi connectivity index (χ2v) is 4.85. The molecular formula is C15H17NO5. The van der Waals surface area contributed by atoms with Crippen molar-refractivity contribution in [2.24, 2.45) is 11.8 Å². The first-order valence-electron chi connectivity index (χ1n) is 6.50. The van der Waals surface area contributed by atoms with Gasteiger partial charge in [-0.2, -0.15) is 0 Å². The third-order valence-corrected chi connectivity index (χ3v) is 3.80. The average Bonchev–Trinajstić information content (AvgIpc) is 2.78. The largest absolute Gasteiger partial charge is 0.469 e. The lowest BCUT2D eigenvalue weighted by Crippen LogP contribution is -2.33. The first-order chi connectivity index (χ1) is 10.0. The quantitative estimate of drug-likeness (QED) is 0.608. The molecule has 1 aromatic carbocycles. The Morgan fingerprint density at radius 2 is 1.62 bits per heavy atom. The van der Waals surface area contributed by atoms with Crippen LogP contribution in [0.5, 0.6) is 0 Å². The SMILES string of the molecule is COC(=O)[C@@H]1C(=O)N(C)[C@@H](c2ccccc2)[C@H]1C(=O)OC. The number of rotatable bonds is 3. The molecule has 0 N–H and O–H groups in total. The van der Waals surface area contributed by atoms with E-state index in [0.717, 1.165) is 5.56 Å². The van der Waals surface area contributed by atoms with Gasteiger partial charge in [-0.1, -0.05) is 30.3 Å². The average molecular weight is 291 g/mol. The van der Waals surface area contributed by atoms with Gasteiger partial charge in [-0.15, -0.1) is 0 Å². The molecule has 1 aromatic rings. The molecule has 3 atom stereocenters. The van der Waals surface area contributed by atoms with Crippen LogP contribution in [-0.4, -0.2) is 44.0 Å². The minimum Gasteiger partial charge on any atom is -0.469 e. The van der Waals surface area contributed by atoms with Crippen LogP contribution in [0.3, 0.4) is 0 Å². The summed E-state index contributed by atoms with van der Waals surface area (Å²) in [7, 11) is 4.00. The number of carbonyl (C=O) groups is 3. The fraction of sp³-hybridized carbons (Fsp3) is 0.400. The molecule has 1 aliphatic rings. The van der Waals surface area contributed by atoms with Crippen LogP contribution in [0.2, 0.25) is 0 Å². The number of amides is 1. The first kappa shape index (κ1) is 15.0. The van der Waals surface area contributed by atoms with Crippen molar-refractivity contribution >= 4 is 17.8 Å². The first-order valence-corrected chi connectivity index (χ1v) is 6.50. The van der Waals surface area contributed by atoms with Gasteiger partial charge in [-0.3, -0.25) is 14.4 Å². The van der Waals surface area contributed by atoms with Crippen LogP contribution in [-0.2, 0) is 23.9 Å².